The molecular formula is C17H18N6O2. The van der Waals surface area contributed by atoms with E-state index in [9.17, 15) is 9.59 Å². The molecule has 0 saturated heterocycles. The van der Waals surface area contributed by atoms with Gasteiger partial charge in [-0.05, 0) is 12.5 Å². The van der Waals surface area contributed by atoms with Crippen LogP contribution in [0.25, 0.3) is 10.9 Å². The number of hydrogen-bond acceptors (Lipinski definition) is 4. The molecule has 0 spiro atoms. The van der Waals surface area contributed by atoms with Gasteiger partial charge in [0.2, 0.25) is 0 Å². The van der Waals surface area contributed by atoms with Crippen LogP contribution in [0.15, 0.2) is 42.6 Å². The number of carbonyl (C=O) groups excluding carboxylic acids is 2. The highest BCUT2D eigenvalue weighted by molar-refractivity contribution is 6.05. The Bertz CT molecular complexity index is 906. The number of rotatable bonds is 4. The van der Waals surface area contributed by atoms with Crippen LogP contribution in [0, 0.1) is 0 Å². The summed E-state index contributed by atoms with van der Waals surface area (Å²) >= 11 is 0. The van der Waals surface area contributed by atoms with Crippen molar-refractivity contribution >= 4 is 28.7 Å². The summed E-state index contributed by atoms with van der Waals surface area (Å²) in [6, 6.07) is 10.8. The number of H-pyrrole nitrogens is 1. The number of anilines is 1. The third kappa shape index (κ3) is 3.57. The molecule has 0 unspecified atom stereocenters. The van der Waals surface area contributed by atoms with Gasteiger partial charge in [0.1, 0.15) is 5.82 Å². The molecule has 0 saturated carbocycles. The smallest absolute Gasteiger partial charge is 0.320 e. The SMILES string of the molecule is CNC(=O)c1n[nH]c2cc(NC(=O)N[C@H](C)c3ccccc3)ncc12. The largest absolute Gasteiger partial charge is 0.354 e. The van der Waals surface area contributed by atoms with Gasteiger partial charge in [-0.1, -0.05) is 30.3 Å². The number of amides is 3. The number of aromatic amines is 1. The summed E-state index contributed by atoms with van der Waals surface area (Å²) in [5.41, 5.74) is 1.88. The van der Waals surface area contributed by atoms with Crippen LogP contribution in [-0.2, 0) is 0 Å². The lowest BCUT2D eigenvalue weighted by atomic mass is 10.1. The van der Waals surface area contributed by atoms with Crippen molar-refractivity contribution in [1.82, 2.24) is 25.8 Å². The molecule has 1 aromatic carbocycles. The molecule has 8 nitrogen and oxygen atoms in total. The molecule has 0 radical (unpaired) electrons. The van der Waals surface area contributed by atoms with E-state index in [4.69, 9.17) is 0 Å². The van der Waals surface area contributed by atoms with Gasteiger partial charge >= 0.3 is 6.03 Å². The Morgan fingerprint density at radius 2 is 1.96 bits per heavy atom. The van der Waals surface area contributed by atoms with Crippen molar-refractivity contribution in [2.45, 2.75) is 13.0 Å². The van der Waals surface area contributed by atoms with Crippen molar-refractivity contribution in [3.05, 3.63) is 53.9 Å². The molecule has 3 aromatic rings. The van der Waals surface area contributed by atoms with E-state index in [1.807, 2.05) is 37.3 Å². The number of benzene rings is 1. The monoisotopic (exact) mass is 338 g/mol. The lowest BCUT2D eigenvalue weighted by Crippen LogP contribution is -2.31. The Morgan fingerprint density at radius 3 is 2.68 bits per heavy atom. The molecule has 0 aliphatic heterocycles. The van der Waals surface area contributed by atoms with Crippen LogP contribution < -0.4 is 16.0 Å². The molecule has 2 aromatic heterocycles. The molecule has 128 valence electrons. The van der Waals surface area contributed by atoms with Crippen LogP contribution in [0.2, 0.25) is 0 Å². The zero-order valence-corrected chi connectivity index (χ0v) is 13.8. The number of urea groups is 1. The van der Waals surface area contributed by atoms with Gasteiger partial charge < -0.3 is 10.6 Å². The number of hydrogen-bond donors (Lipinski definition) is 4. The van der Waals surface area contributed by atoms with E-state index in [0.29, 0.717) is 16.7 Å². The highest BCUT2D eigenvalue weighted by atomic mass is 16.2. The first-order chi connectivity index (χ1) is 12.1. The van der Waals surface area contributed by atoms with Crippen molar-refractivity contribution in [2.75, 3.05) is 12.4 Å². The van der Waals surface area contributed by atoms with Crippen LogP contribution in [0.5, 0.6) is 0 Å². The summed E-state index contributed by atoms with van der Waals surface area (Å²) in [6.45, 7) is 1.90. The summed E-state index contributed by atoms with van der Waals surface area (Å²) < 4.78 is 0. The third-order valence-corrected chi connectivity index (χ3v) is 3.78. The Morgan fingerprint density at radius 1 is 1.20 bits per heavy atom. The quantitative estimate of drug-likeness (QED) is 0.584. The summed E-state index contributed by atoms with van der Waals surface area (Å²) in [4.78, 5) is 28.0. The predicted molar refractivity (Wildman–Crippen MR) is 94.3 cm³/mol. The molecule has 0 aliphatic carbocycles. The number of carbonyl (C=O) groups is 2. The lowest BCUT2D eigenvalue weighted by Gasteiger charge is -2.14. The van der Waals surface area contributed by atoms with Crippen LogP contribution in [0.4, 0.5) is 10.6 Å². The normalized spacial score (nSPS) is 11.8. The molecule has 3 amide bonds. The number of nitrogens with zero attached hydrogens (tertiary/aromatic N) is 2. The van der Waals surface area contributed by atoms with E-state index in [2.05, 4.69) is 31.1 Å². The minimum atomic E-state index is -0.366. The standard InChI is InChI=1S/C17H18N6O2/c1-10(11-6-4-3-5-7-11)20-17(25)21-14-8-13-12(9-19-14)15(23-22-13)16(24)18-2/h3-10H,1-2H3,(H,18,24)(H,22,23)(H2,19,20,21,25)/t10-/m1/s1. The molecule has 0 aliphatic rings. The fraction of sp³-hybridized carbons (Fsp3) is 0.176. The summed E-state index contributed by atoms with van der Waals surface area (Å²) in [5, 5.41) is 15.4. The third-order valence-electron chi connectivity index (χ3n) is 3.78. The second-order valence-electron chi connectivity index (χ2n) is 5.50. The molecule has 0 fully saturated rings. The number of pyridine rings is 1. The maximum Gasteiger partial charge on any atom is 0.320 e. The first-order valence-corrected chi connectivity index (χ1v) is 7.77. The van der Waals surface area contributed by atoms with Crippen LogP contribution in [0.1, 0.15) is 29.0 Å². The highest BCUT2D eigenvalue weighted by Gasteiger charge is 2.14. The van der Waals surface area contributed by atoms with Crippen molar-refractivity contribution in [3.63, 3.8) is 0 Å². The molecule has 0 bridgehead atoms. The average molecular weight is 338 g/mol. The fourth-order valence-electron chi connectivity index (χ4n) is 2.45. The van der Waals surface area contributed by atoms with Gasteiger partial charge in [0.15, 0.2) is 5.69 Å². The van der Waals surface area contributed by atoms with Gasteiger partial charge in [-0.25, -0.2) is 9.78 Å². The number of nitrogens with one attached hydrogen (secondary N) is 4. The Balaban J connectivity index is 1.70. The first kappa shape index (κ1) is 16.4. The average Bonchev–Trinajstić information content (AvgIpc) is 3.04. The minimum Gasteiger partial charge on any atom is -0.354 e. The lowest BCUT2D eigenvalue weighted by molar-refractivity contribution is 0.0959. The summed E-state index contributed by atoms with van der Waals surface area (Å²) in [6.07, 6.45) is 1.50. The van der Waals surface area contributed by atoms with Crippen LogP contribution in [0.3, 0.4) is 0 Å². The van der Waals surface area contributed by atoms with Gasteiger partial charge in [-0.15, -0.1) is 0 Å². The van der Waals surface area contributed by atoms with Gasteiger partial charge in [0.25, 0.3) is 5.91 Å². The van der Waals surface area contributed by atoms with Crippen LogP contribution >= 0.6 is 0 Å². The second-order valence-corrected chi connectivity index (χ2v) is 5.50. The van der Waals surface area contributed by atoms with Gasteiger partial charge in [0, 0.05) is 19.3 Å². The van der Waals surface area contributed by atoms with E-state index in [-0.39, 0.29) is 23.7 Å². The zero-order chi connectivity index (χ0) is 17.8. The molecule has 2 heterocycles. The van der Waals surface area contributed by atoms with E-state index in [1.165, 1.54) is 13.2 Å². The van der Waals surface area contributed by atoms with Crippen molar-refractivity contribution < 1.29 is 9.59 Å². The molecular weight excluding hydrogens is 320 g/mol. The first-order valence-electron chi connectivity index (χ1n) is 7.77. The zero-order valence-electron chi connectivity index (χ0n) is 13.8. The topological polar surface area (TPSA) is 112 Å². The van der Waals surface area contributed by atoms with Gasteiger partial charge in [-0.2, -0.15) is 5.10 Å². The molecule has 1 atom stereocenters. The Labute approximate surface area is 144 Å². The van der Waals surface area contributed by atoms with Crippen molar-refractivity contribution in [2.24, 2.45) is 0 Å². The number of aromatic nitrogens is 3. The van der Waals surface area contributed by atoms with E-state index in [1.54, 1.807) is 6.07 Å². The highest BCUT2D eigenvalue weighted by Crippen LogP contribution is 2.18. The summed E-state index contributed by atoms with van der Waals surface area (Å²) in [5.74, 6) is 0.0561. The molecule has 8 heteroatoms. The maximum absolute atomic E-state index is 12.1. The Hall–Kier alpha value is -3.42. The van der Waals surface area contributed by atoms with Crippen LogP contribution in [-0.4, -0.2) is 34.2 Å². The van der Waals surface area contributed by atoms with Gasteiger partial charge in [-0.3, -0.25) is 15.2 Å². The van der Waals surface area contributed by atoms with Gasteiger partial charge in [0.05, 0.1) is 16.9 Å². The number of fused-ring (bicyclic) bond motifs is 1. The molecule has 4 N–H and O–H groups in total. The van der Waals surface area contributed by atoms with E-state index in [0.717, 1.165) is 5.56 Å². The minimum absolute atomic E-state index is 0.142. The molecule has 3 rings (SSSR count). The van der Waals surface area contributed by atoms with E-state index >= 15 is 0 Å². The predicted octanol–water partition coefficient (Wildman–Crippen LogP) is 2.20. The second kappa shape index (κ2) is 7.00. The van der Waals surface area contributed by atoms with Crippen molar-refractivity contribution in [1.29, 1.82) is 0 Å². The van der Waals surface area contributed by atoms with E-state index < -0.39 is 0 Å². The van der Waals surface area contributed by atoms with Crippen molar-refractivity contribution in [3.8, 4) is 0 Å². The Kier molecular flexibility index (Phi) is 4.60. The fourth-order valence-corrected chi connectivity index (χ4v) is 2.45. The summed E-state index contributed by atoms with van der Waals surface area (Å²) in [7, 11) is 1.53. The molecule has 25 heavy (non-hydrogen) atoms. The maximum atomic E-state index is 12.1.